The van der Waals surface area contributed by atoms with Gasteiger partial charge in [-0.05, 0) is 38.1 Å². The molecule has 2 aromatic rings. The fraction of sp³-hybridized carbons (Fsp3) is 0.438. The van der Waals surface area contributed by atoms with Crippen LogP contribution in [0.25, 0.3) is 0 Å². The molecule has 0 aliphatic carbocycles. The van der Waals surface area contributed by atoms with E-state index in [1.54, 1.807) is 11.3 Å². The highest BCUT2D eigenvalue weighted by Crippen LogP contribution is 2.30. The van der Waals surface area contributed by atoms with Crippen molar-refractivity contribution in [2.75, 3.05) is 13.6 Å². The SMILES string of the molecule is Cc1ncsc1CN(C)C1CCNCc2ccccc21. The van der Waals surface area contributed by atoms with Gasteiger partial charge >= 0.3 is 0 Å². The molecule has 1 aromatic carbocycles. The molecule has 0 saturated heterocycles. The molecule has 20 heavy (non-hydrogen) atoms. The van der Waals surface area contributed by atoms with Crippen molar-refractivity contribution in [2.45, 2.75) is 32.5 Å². The monoisotopic (exact) mass is 287 g/mol. The maximum Gasteiger partial charge on any atom is 0.0798 e. The molecule has 0 saturated carbocycles. The van der Waals surface area contributed by atoms with Crippen molar-refractivity contribution in [2.24, 2.45) is 0 Å². The summed E-state index contributed by atoms with van der Waals surface area (Å²) in [6.07, 6.45) is 1.16. The van der Waals surface area contributed by atoms with E-state index in [-0.39, 0.29) is 0 Å². The smallest absolute Gasteiger partial charge is 0.0798 e. The van der Waals surface area contributed by atoms with Crippen molar-refractivity contribution in [1.82, 2.24) is 15.2 Å². The number of nitrogens with one attached hydrogen (secondary N) is 1. The van der Waals surface area contributed by atoms with Crippen LogP contribution in [0.15, 0.2) is 29.8 Å². The summed E-state index contributed by atoms with van der Waals surface area (Å²) in [5, 5.41) is 3.52. The first-order valence-corrected chi connectivity index (χ1v) is 8.01. The van der Waals surface area contributed by atoms with Crippen LogP contribution in [0.2, 0.25) is 0 Å². The van der Waals surface area contributed by atoms with Crippen LogP contribution in [0.3, 0.4) is 0 Å². The van der Waals surface area contributed by atoms with Gasteiger partial charge in [0.25, 0.3) is 0 Å². The quantitative estimate of drug-likeness (QED) is 0.940. The number of benzene rings is 1. The van der Waals surface area contributed by atoms with Gasteiger partial charge in [-0.3, -0.25) is 4.90 Å². The Kier molecular flexibility index (Phi) is 4.15. The predicted molar refractivity (Wildman–Crippen MR) is 83.8 cm³/mol. The summed E-state index contributed by atoms with van der Waals surface area (Å²) in [6.45, 7) is 5.14. The summed E-state index contributed by atoms with van der Waals surface area (Å²) in [6, 6.07) is 9.30. The normalized spacial score (nSPS) is 18.9. The number of hydrogen-bond acceptors (Lipinski definition) is 4. The van der Waals surface area contributed by atoms with Crippen LogP contribution in [0.5, 0.6) is 0 Å². The second-order valence-corrected chi connectivity index (χ2v) is 6.40. The average molecular weight is 287 g/mol. The van der Waals surface area contributed by atoms with Gasteiger partial charge in [0.05, 0.1) is 11.2 Å². The Morgan fingerprint density at radius 2 is 2.25 bits per heavy atom. The molecule has 1 aliphatic heterocycles. The average Bonchev–Trinajstić information content (AvgIpc) is 2.75. The maximum absolute atomic E-state index is 4.36. The predicted octanol–water partition coefficient (Wildman–Crippen LogP) is 3.12. The first-order valence-electron chi connectivity index (χ1n) is 7.13. The molecule has 3 rings (SSSR count). The fourth-order valence-corrected chi connectivity index (χ4v) is 3.75. The third kappa shape index (κ3) is 2.77. The molecule has 0 bridgehead atoms. The number of hydrogen-bond donors (Lipinski definition) is 1. The van der Waals surface area contributed by atoms with Crippen molar-refractivity contribution in [3.63, 3.8) is 0 Å². The Morgan fingerprint density at radius 1 is 1.40 bits per heavy atom. The molecule has 1 N–H and O–H groups in total. The van der Waals surface area contributed by atoms with Crippen molar-refractivity contribution >= 4 is 11.3 Å². The lowest BCUT2D eigenvalue weighted by Crippen LogP contribution is -2.25. The molecular weight excluding hydrogens is 266 g/mol. The van der Waals surface area contributed by atoms with Crippen LogP contribution >= 0.6 is 11.3 Å². The molecule has 0 spiro atoms. The van der Waals surface area contributed by atoms with Gasteiger partial charge in [0.2, 0.25) is 0 Å². The number of aromatic nitrogens is 1. The molecule has 106 valence electrons. The fourth-order valence-electron chi connectivity index (χ4n) is 2.91. The van der Waals surface area contributed by atoms with Crippen molar-refractivity contribution in [3.05, 3.63) is 51.5 Å². The summed E-state index contributed by atoms with van der Waals surface area (Å²) in [7, 11) is 2.23. The highest BCUT2D eigenvalue weighted by Gasteiger charge is 2.22. The van der Waals surface area contributed by atoms with Gasteiger partial charge in [-0.15, -0.1) is 11.3 Å². The minimum absolute atomic E-state index is 0.489. The number of thiazole rings is 1. The van der Waals surface area contributed by atoms with Gasteiger partial charge in [-0.25, -0.2) is 4.98 Å². The van der Waals surface area contributed by atoms with E-state index >= 15 is 0 Å². The topological polar surface area (TPSA) is 28.2 Å². The molecule has 1 unspecified atom stereocenters. The van der Waals surface area contributed by atoms with Gasteiger partial charge in [0.1, 0.15) is 0 Å². The van der Waals surface area contributed by atoms with E-state index in [4.69, 9.17) is 0 Å². The Labute approximate surface area is 124 Å². The van der Waals surface area contributed by atoms with Crippen molar-refractivity contribution < 1.29 is 0 Å². The Morgan fingerprint density at radius 3 is 3.05 bits per heavy atom. The molecule has 2 heterocycles. The number of aryl methyl sites for hydroxylation is 1. The first kappa shape index (κ1) is 13.7. The maximum atomic E-state index is 4.36. The lowest BCUT2D eigenvalue weighted by molar-refractivity contribution is 0.228. The van der Waals surface area contributed by atoms with E-state index in [0.29, 0.717) is 6.04 Å². The summed E-state index contributed by atoms with van der Waals surface area (Å²) in [4.78, 5) is 8.20. The Hall–Kier alpha value is -1.23. The van der Waals surface area contributed by atoms with Crippen LogP contribution in [0.1, 0.15) is 34.2 Å². The summed E-state index contributed by atoms with van der Waals surface area (Å²) in [5.41, 5.74) is 6.02. The van der Waals surface area contributed by atoms with Gasteiger partial charge < -0.3 is 5.32 Å². The second-order valence-electron chi connectivity index (χ2n) is 5.46. The lowest BCUT2D eigenvalue weighted by atomic mass is 9.98. The molecule has 1 aromatic heterocycles. The van der Waals surface area contributed by atoms with Gasteiger partial charge in [-0.1, -0.05) is 24.3 Å². The van der Waals surface area contributed by atoms with Crippen LogP contribution in [-0.2, 0) is 13.1 Å². The molecule has 4 heteroatoms. The number of nitrogens with zero attached hydrogens (tertiary/aromatic N) is 2. The molecule has 0 fully saturated rings. The van der Waals surface area contributed by atoms with Crippen molar-refractivity contribution in [1.29, 1.82) is 0 Å². The number of fused-ring (bicyclic) bond motifs is 1. The van der Waals surface area contributed by atoms with E-state index < -0.39 is 0 Å². The van der Waals surface area contributed by atoms with Gasteiger partial charge in [0, 0.05) is 24.0 Å². The van der Waals surface area contributed by atoms with Gasteiger partial charge in [0.15, 0.2) is 0 Å². The van der Waals surface area contributed by atoms with Crippen LogP contribution in [-0.4, -0.2) is 23.5 Å². The molecule has 0 amide bonds. The minimum Gasteiger partial charge on any atom is -0.313 e. The molecular formula is C16H21N3S. The van der Waals surface area contributed by atoms with E-state index in [0.717, 1.165) is 26.1 Å². The zero-order chi connectivity index (χ0) is 13.9. The van der Waals surface area contributed by atoms with E-state index in [9.17, 15) is 0 Å². The first-order chi connectivity index (χ1) is 9.75. The summed E-state index contributed by atoms with van der Waals surface area (Å²) >= 11 is 1.76. The summed E-state index contributed by atoms with van der Waals surface area (Å²) < 4.78 is 0. The van der Waals surface area contributed by atoms with E-state index in [1.807, 2.05) is 5.51 Å². The zero-order valence-corrected chi connectivity index (χ0v) is 12.9. The molecule has 3 nitrogen and oxygen atoms in total. The largest absolute Gasteiger partial charge is 0.313 e. The Bertz CT molecular complexity index is 579. The summed E-state index contributed by atoms with van der Waals surface area (Å²) in [5.74, 6) is 0. The third-order valence-corrected chi connectivity index (χ3v) is 5.01. The van der Waals surface area contributed by atoms with Crippen LogP contribution < -0.4 is 5.32 Å². The van der Waals surface area contributed by atoms with E-state index in [1.165, 1.54) is 21.7 Å². The third-order valence-electron chi connectivity index (χ3n) is 4.09. The lowest BCUT2D eigenvalue weighted by Gasteiger charge is -2.28. The van der Waals surface area contributed by atoms with Crippen LogP contribution in [0, 0.1) is 6.92 Å². The van der Waals surface area contributed by atoms with Crippen LogP contribution in [0.4, 0.5) is 0 Å². The Balaban J connectivity index is 1.84. The second kappa shape index (κ2) is 6.04. The highest BCUT2D eigenvalue weighted by atomic mass is 32.1. The van der Waals surface area contributed by atoms with E-state index in [2.05, 4.69) is 53.4 Å². The minimum atomic E-state index is 0.489. The number of rotatable bonds is 3. The molecule has 0 radical (unpaired) electrons. The zero-order valence-electron chi connectivity index (χ0n) is 12.1. The molecule has 1 atom stereocenters. The van der Waals surface area contributed by atoms with Crippen molar-refractivity contribution in [3.8, 4) is 0 Å². The molecule has 1 aliphatic rings. The highest BCUT2D eigenvalue weighted by molar-refractivity contribution is 7.09. The van der Waals surface area contributed by atoms with Gasteiger partial charge in [-0.2, -0.15) is 0 Å². The standard InChI is InChI=1S/C16H21N3S/c1-12-16(20-11-18-12)10-19(2)15-7-8-17-9-13-5-3-4-6-14(13)15/h3-6,11,15,17H,7-10H2,1-2H3.